The Hall–Kier alpha value is -5.74. The van der Waals surface area contributed by atoms with Crippen molar-refractivity contribution >= 4 is 90.9 Å². The average Bonchev–Trinajstić information content (AvgIpc) is 3.75. The Labute approximate surface area is 292 Å². The van der Waals surface area contributed by atoms with Crippen molar-refractivity contribution in [2.24, 2.45) is 0 Å². The van der Waals surface area contributed by atoms with Gasteiger partial charge in [0.15, 0.2) is 0 Å². The third-order valence-corrected chi connectivity index (χ3v) is 12.0. The SMILES string of the molecule is c1ccc(-c2ccc3cc(N(c4cccc5c4sc4ccccc45)c4ccc(-c5ccccc5)c5c4sc4ccccc45)ccc3c2)cc1. The molecule has 0 spiro atoms. The molecule has 230 valence electrons. The summed E-state index contributed by atoms with van der Waals surface area (Å²) in [6, 6.07) is 64.3. The Morgan fingerprint density at radius 1 is 0.367 bits per heavy atom. The zero-order valence-corrected chi connectivity index (χ0v) is 28.1. The molecule has 0 atom stereocenters. The maximum Gasteiger partial charge on any atom is 0.0641 e. The largest absolute Gasteiger partial charge is 0.308 e. The predicted octanol–water partition coefficient (Wildman–Crippen LogP) is 14.4. The molecule has 0 saturated heterocycles. The van der Waals surface area contributed by atoms with E-state index < -0.39 is 0 Å². The molecule has 0 aliphatic heterocycles. The molecule has 0 fully saturated rings. The van der Waals surface area contributed by atoms with Gasteiger partial charge in [-0.25, -0.2) is 0 Å². The molecule has 0 amide bonds. The summed E-state index contributed by atoms with van der Waals surface area (Å²) in [5.74, 6) is 0. The number of hydrogen-bond acceptors (Lipinski definition) is 3. The Bertz CT molecular complexity index is 2830. The minimum Gasteiger partial charge on any atom is -0.308 e. The van der Waals surface area contributed by atoms with E-state index in [-0.39, 0.29) is 0 Å². The summed E-state index contributed by atoms with van der Waals surface area (Å²) >= 11 is 3.77. The van der Waals surface area contributed by atoms with Crippen LogP contribution in [0, 0.1) is 0 Å². The number of anilines is 3. The van der Waals surface area contributed by atoms with Gasteiger partial charge in [0.1, 0.15) is 0 Å². The smallest absolute Gasteiger partial charge is 0.0641 e. The van der Waals surface area contributed by atoms with E-state index in [1.807, 2.05) is 22.7 Å². The molecule has 0 N–H and O–H groups in total. The van der Waals surface area contributed by atoms with Crippen LogP contribution in [0.5, 0.6) is 0 Å². The van der Waals surface area contributed by atoms with Crippen molar-refractivity contribution in [3.8, 4) is 22.3 Å². The van der Waals surface area contributed by atoms with Gasteiger partial charge in [0.2, 0.25) is 0 Å². The Kier molecular flexibility index (Phi) is 6.61. The van der Waals surface area contributed by atoms with Crippen molar-refractivity contribution in [1.29, 1.82) is 0 Å². The summed E-state index contributed by atoms with van der Waals surface area (Å²) in [7, 11) is 0. The van der Waals surface area contributed by atoms with Crippen LogP contribution in [0.15, 0.2) is 176 Å². The third kappa shape index (κ3) is 4.66. The van der Waals surface area contributed by atoms with E-state index in [0.717, 1.165) is 5.69 Å². The molecule has 2 heterocycles. The maximum atomic E-state index is 2.51. The van der Waals surface area contributed by atoms with Gasteiger partial charge >= 0.3 is 0 Å². The number of nitrogens with zero attached hydrogens (tertiary/aromatic N) is 1. The standard InChI is InChI=1S/C46H29NS2/c1-3-12-30(13-4-1)32-22-23-34-29-35(25-24-33(34)28-32)47(40-19-11-18-38-37-16-7-9-20-42(37)48-45(38)40)41-27-26-36(31-14-5-2-6-15-31)44-39-17-8-10-21-43(39)49-46(41)44/h1-29H. The fourth-order valence-electron chi connectivity index (χ4n) is 7.35. The van der Waals surface area contributed by atoms with Crippen LogP contribution in [0.2, 0.25) is 0 Å². The Balaban J connectivity index is 1.26. The number of fused-ring (bicyclic) bond motifs is 7. The second kappa shape index (κ2) is 11.5. The van der Waals surface area contributed by atoms with Gasteiger partial charge in [-0.05, 0) is 75.5 Å². The maximum absolute atomic E-state index is 2.51. The molecule has 8 aromatic carbocycles. The summed E-state index contributed by atoms with van der Waals surface area (Å²) in [5, 5.41) is 7.67. The zero-order chi connectivity index (χ0) is 32.3. The van der Waals surface area contributed by atoms with Crippen LogP contribution < -0.4 is 4.90 Å². The van der Waals surface area contributed by atoms with E-state index >= 15 is 0 Å². The fraction of sp³-hybridized carbons (Fsp3) is 0. The molecule has 2 aromatic heterocycles. The van der Waals surface area contributed by atoms with Crippen molar-refractivity contribution < 1.29 is 0 Å². The van der Waals surface area contributed by atoms with Gasteiger partial charge in [0.05, 0.1) is 20.8 Å². The predicted molar refractivity (Wildman–Crippen MR) is 215 cm³/mol. The average molecular weight is 660 g/mol. The quantitative estimate of drug-likeness (QED) is 0.178. The molecule has 0 saturated carbocycles. The van der Waals surface area contributed by atoms with E-state index in [1.165, 1.54) is 84.7 Å². The number of thiophene rings is 2. The topological polar surface area (TPSA) is 3.24 Å². The van der Waals surface area contributed by atoms with Gasteiger partial charge in [-0.3, -0.25) is 0 Å². The minimum absolute atomic E-state index is 1.15. The van der Waals surface area contributed by atoms with Gasteiger partial charge < -0.3 is 4.90 Å². The van der Waals surface area contributed by atoms with Gasteiger partial charge in [0.25, 0.3) is 0 Å². The van der Waals surface area contributed by atoms with E-state index in [9.17, 15) is 0 Å². The van der Waals surface area contributed by atoms with Crippen LogP contribution in [0.1, 0.15) is 0 Å². The lowest BCUT2D eigenvalue weighted by atomic mass is 9.98. The van der Waals surface area contributed by atoms with Crippen LogP contribution >= 0.6 is 22.7 Å². The van der Waals surface area contributed by atoms with Gasteiger partial charge in [0, 0.05) is 36.6 Å². The first-order chi connectivity index (χ1) is 24.3. The minimum atomic E-state index is 1.15. The highest BCUT2D eigenvalue weighted by Gasteiger charge is 2.23. The molecule has 0 radical (unpaired) electrons. The normalized spacial score (nSPS) is 11.7. The van der Waals surface area contributed by atoms with Crippen LogP contribution in [-0.4, -0.2) is 0 Å². The number of benzene rings is 8. The molecular formula is C46H29NS2. The summed E-state index contributed by atoms with van der Waals surface area (Å²) in [6.45, 7) is 0. The van der Waals surface area contributed by atoms with E-state index in [1.54, 1.807) is 0 Å². The van der Waals surface area contributed by atoms with Gasteiger partial charge in [-0.2, -0.15) is 0 Å². The summed E-state index contributed by atoms with van der Waals surface area (Å²) in [4.78, 5) is 2.51. The van der Waals surface area contributed by atoms with E-state index in [0.29, 0.717) is 0 Å². The molecule has 0 unspecified atom stereocenters. The fourth-order valence-corrected chi connectivity index (χ4v) is 9.79. The van der Waals surface area contributed by atoms with Crippen molar-refractivity contribution in [2.75, 3.05) is 4.90 Å². The highest BCUT2D eigenvalue weighted by atomic mass is 32.1. The molecule has 49 heavy (non-hydrogen) atoms. The zero-order valence-electron chi connectivity index (χ0n) is 26.5. The lowest BCUT2D eigenvalue weighted by Gasteiger charge is -2.27. The number of hydrogen-bond donors (Lipinski definition) is 0. The van der Waals surface area contributed by atoms with Crippen LogP contribution in [0.25, 0.3) is 73.4 Å². The van der Waals surface area contributed by atoms with E-state index in [4.69, 9.17) is 0 Å². The van der Waals surface area contributed by atoms with Crippen molar-refractivity contribution in [3.05, 3.63) is 176 Å². The second-order valence-corrected chi connectivity index (χ2v) is 14.6. The van der Waals surface area contributed by atoms with Crippen molar-refractivity contribution in [3.63, 3.8) is 0 Å². The molecule has 3 heteroatoms. The Morgan fingerprint density at radius 3 is 1.80 bits per heavy atom. The molecule has 0 bridgehead atoms. The first-order valence-corrected chi connectivity index (χ1v) is 18.2. The van der Waals surface area contributed by atoms with Crippen LogP contribution in [0.4, 0.5) is 17.1 Å². The van der Waals surface area contributed by atoms with Crippen LogP contribution in [-0.2, 0) is 0 Å². The highest BCUT2D eigenvalue weighted by Crippen LogP contribution is 2.51. The van der Waals surface area contributed by atoms with E-state index in [2.05, 4.69) is 181 Å². The number of rotatable bonds is 5. The third-order valence-electron chi connectivity index (χ3n) is 9.64. The lowest BCUT2D eigenvalue weighted by Crippen LogP contribution is -2.10. The lowest BCUT2D eigenvalue weighted by molar-refractivity contribution is 1.33. The first-order valence-electron chi connectivity index (χ1n) is 16.6. The molecule has 10 rings (SSSR count). The molecule has 10 aromatic rings. The summed E-state index contributed by atoms with van der Waals surface area (Å²) in [6.07, 6.45) is 0. The summed E-state index contributed by atoms with van der Waals surface area (Å²) < 4.78 is 5.20. The summed E-state index contributed by atoms with van der Waals surface area (Å²) in [5.41, 5.74) is 8.51. The highest BCUT2D eigenvalue weighted by molar-refractivity contribution is 7.27. The molecule has 1 nitrogen and oxygen atoms in total. The van der Waals surface area contributed by atoms with Gasteiger partial charge in [-0.15, -0.1) is 22.7 Å². The van der Waals surface area contributed by atoms with Crippen LogP contribution in [0.3, 0.4) is 0 Å². The Morgan fingerprint density at radius 2 is 0.980 bits per heavy atom. The van der Waals surface area contributed by atoms with Crippen molar-refractivity contribution in [2.45, 2.75) is 0 Å². The molecular weight excluding hydrogens is 631 g/mol. The van der Waals surface area contributed by atoms with Crippen molar-refractivity contribution in [1.82, 2.24) is 0 Å². The van der Waals surface area contributed by atoms with Gasteiger partial charge in [-0.1, -0.05) is 133 Å². The molecule has 0 aliphatic rings. The monoisotopic (exact) mass is 659 g/mol. The first kappa shape index (κ1) is 28.3. The molecule has 0 aliphatic carbocycles. The second-order valence-electron chi connectivity index (χ2n) is 12.5.